The van der Waals surface area contributed by atoms with Crippen molar-refractivity contribution in [3.05, 3.63) is 35.9 Å². The molecule has 1 aromatic carbocycles. The number of rotatable bonds is 4. The molecule has 2 aliphatic rings. The van der Waals surface area contributed by atoms with E-state index >= 15 is 0 Å². The van der Waals surface area contributed by atoms with E-state index in [0.717, 1.165) is 4.90 Å². The number of carbonyl (C=O) groups excluding carboxylic acids is 2. The number of nitrogens with zero attached hydrogens (tertiary/aromatic N) is 3. The van der Waals surface area contributed by atoms with Crippen LogP contribution < -0.4 is 5.32 Å². The molecule has 0 radical (unpaired) electrons. The van der Waals surface area contributed by atoms with Crippen molar-refractivity contribution in [1.82, 2.24) is 20.4 Å². The molecule has 4 rings (SSSR count). The van der Waals surface area contributed by atoms with Crippen LogP contribution in [0.5, 0.6) is 0 Å². The van der Waals surface area contributed by atoms with Crippen LogP contribution in [-0.2, 0) is 4.79 Å². The lowest BCUT2D eigenvalue weighted by atomic mass is 9.89. The zero-order valence-electron chi connectivity index (χ0n) is 15.6. The van der Waals surface area contributed by atoms with Gasteiger partial charge in [0.25, 0.3) is 23.5 Å². The summed E-state index contributed by atoms with van der Waals surface area (Å²) in [4.78, 5) is 29.8. The third kappa shape index (κ3) is 3.58. The first-order valence-electron chi connectivity index (χ1n) is 9.28. The first-order chi connectivity index (χ1) is 13.7. The Labute approximate surface area is 164 Å². The van der Waals surface area contributed by atoms with Crippen molar-refractivity contribution < 1.29 is 27.3 Å². The molecular formula is C19H19F3N4O3. The number of aromatic nitrogens is 2. The van der Waals surface area contributed by atoms with Crippen molar-refractivity contribution in [3.8, 4) is 11.5 Å². The predicted molar refractivity (Wildman–Crippen MR) is 94.4 cm³/mol. The van der Waals surface area contributed by atoms with Crippen LogP contribution >= 0.6 is 0 Å². The Bertz CT molecular complexity index is 958. The third-order valence-corrected chi connectivity index (χ3v) is 5.61. The van der Waals surface area contributed by atoms with Gasteiger partial charge < -0.3 is 14.7 Å². The van der Waals surface area contributed by atoms with Crippen LogP contribution in [0.2, 0.25) is 0 Å². The minimum Gasteiger partial charge on any atom is -0.338 e. The Hall–Kier alpha value is -2.91. The van der Waals surface area contributed by atoms with Gasteiger partial charge in [-0.1, -0.05) is 11.2 Å². The molecule has 1 atom stereocenters. The predicted octanol–water partition coefficient (Wildman–Crippen LogP) is 2.64. The molecule has 10 heteroatoms. The lowest BCUT2D eigenvalue weighted by molar-refractivity contribution is -0.156. The summed E-state index contributed by atoms with van der Waals surface area (Å²) in [5.74, 6) is -5.21. The van der Waals surface area contributed by atoms with Gasteiger partial charge in [-0.05, 0) is 44.4 Å². The molecule has 154 valence electrons. The number of alkyl halides is 2. The standard InChI is InChI=1S/C19H19F3N4O3/c1-11(17(28)26-8-7-18(5-6-18)19(21,22)10-26)23-15(27)14-24-16(29-25-14)12-3-2-4-13(20)9-12/h2-4,9,11H,5-8,10H2,1H3,(H,23,27). The highest BCUT2D eigenvalue weighted by molar-refractivity contribution is 5.94. The second kappa shape index (κ2) is 6.85. The lowest BCUT2D eigenvalue weighted by Crippen LogP contribution is -2.56. The zero-order valence-corrected chi connectivity index (χ0v) is 15.6. The monoisotopic (exact) mass is 408 g/mol. The number of piperidine rings is 1. The summed E-state index contributed by atoms with van der Waals surface area (Å²) in [5, 5.41) is 5.93. The quantitative estimate of drug-likeness (QED) is 0.840. The lowest BCUT2D eigenvalue weighted by Gasteiger charge is -2.39. The summed E-state index contributed by atoms with van der Waals surface area (Å²) in [6, 6.07) is 4.37. The summed E-state index contributed by atoms with van der Waals surface area (Å²) in [7, 11) is 0. The molecule has 1 N–H and O–H groups in total. The van der Waals surface area contributed by atoms with Crippen molar-refractivity contribution in [2.24, 2.45) is 5.41 Å². The number of hydrogen-bond donors (Lipinski definition) is 1. The van der Waals surface area contributed by atoms with E-state index in [9.17, 15) is 22.8 Å². The topological polar surface area (TPSA) is 88.3 Å². The van der Waals surface area contributed by atoms with Gasteiger partial charge in [-0.2, -0.15) is 4.98 Å². The number of halogens is 3. The average Bonchev–Trinajstić information content (AvgIpc) is 3.30. The molecule has 7 nitrogen and oxygen atoms in total. The summed E-state index contributed by atoms with van der Waals surface area (Å²) in [5.41, 5.74) is -0.654. The number of benzene rings is 1. The molecule has 1 unspecified atom stereocenters. The Morgan fingerprint density at radius 2 is 2.03 bits per heavy atom. The highest BCUT2D eigenvalue weighted by atomic mass is 19.3. The minimum absolute atomic E-state index is 0.0565. The first kappa shape index (κ1) is 19.4. The van der Waals surface area contributed by atoms with Crippen LogP contribution in [0.15, 0.2) is 28.8 Å². The number of hydrogen-bond acceptors (Lipinski definition) is 5. The number of likely N-dealkylation sites (tertiary alicyclic amines) is 1. The van der Waals surface area contributed by atoms with Crippen LogP contribution in [0.3, 0.4) is 0 Å². The van der Waals surface area contributed by atoms with E-state index in [1.54, 1.807) is 0 Å². The van der Waals surface area contributed by atoms with E-state index in [2.05, 4.69) is 15.5 Å². The van der Waals surface area contributed by atoms with Gasteiger partial charge in [-0.3, -0.25) is 9.59 Å². The Morgan fingerprint density at radius 3 is 2.69 bits per heavy atom. The Kier molecular flexibility index (Phi) is 4.59. The van der Waals surface area contributed by atoms with E-state index < -0.39 is 41.6 Å². The highest BCUT2D eigenvalue weighted by Crippen LogP contribution is 2.61. The van der Waals surface area contributed by atoms with Crippen LogP contribution in [-0.4, -0.2) is 51.9 Å². The van der Waals surface area contributed by atoms with Crippen LogP contribution in [0.4, 0.5) is 13.2 Å². The van der Waals surface area contributed by atoms with Gasteiger partial charge in [0.15, 0.2) is 0 Å². The Balaban J connectivity index is 1.39. The Morgan fingerprint density at radius 1 is 1.28 bits per heavy atom. The van der Waals surface area contributed by atoms with E-state index in [1.807, 2.05) is 0 Å². The smallest absolute Gasteiger partial charge is 0.293 e. The number of amides is 2. The van der Waals surface area contributed by atoms with Crippen molar-refractivity contribution in [1.29, 1.82) is 0 Å². The summed E-state index contributed by atoms with van der Waals surface area (Å²) in [6.45, 7) is 1.01. The average molecular weight is 408 g/mol. The zero-order chi connectivity index (χ0) is 20.8. The molecule has 2 heterocycles. The fourth-order valence-electron chi connectivity index (χ4n) is 3.62. The molecule has 1 aliphatic carbocycles. The summed E-state index contributed by atoms with van der Waals surface area (Å²) >= 11 is 0. The van der Waals surface area contributed by atoms with Crippen molar-refractivity contribution in [3.63, 3.8) is 0 Å². The van der Waals surface area contributed by atoms with E-state index in [-0.39, 0.29) is 24.7 Å². The van der Waals surface area contributed by atoms with Gasteiger partial charge in [0, 0.05) is 17.5 Å². The van der Waals surface area contributed by atoms with Gasteiger partial charge in [-0.25, -0.2) is 13.2 Å². The third-order valence-electron chi connectivity index (χ3n) is 5.61. The van der Waals surface area contributed by atoms with Crippen molar-refractivity contribution in [2.75, 3.05) is 13.1 Å². The SMILES string of the molecule is CC(NC(=O)c1noc(-c2cccc(F)c2)n1)C(=O)N1CCC2(CC2)C(F)(F)C1. The molecule has 2 amide bonds. The largest absolute Gasteiger partial charge is 0.338 e. The molecule has 2 aromatic rings. The molecule has 1 spiro atoms. The number of carbonyl (C=O) groups is 2. The van der Waals surface area contributed by atoms with Crippen LogP contribution in [0.1, 0.15) is 36.8 Å². The number of nitrogens with one attached hydrogen (secondary N) is 1. The van der Waals surface area contributed by atoms with Crippen molar-refractivity contribution >= 4 is 11.8 Å². The molecule has 2 fully saturated rings. The van der Waals surface area contributed by atoms with Gasteiger partial charge in [0.2, 0.25) is 5.91 Å². The van der Waals surface area contributed by atoms with Gasteiger partial charge in [0.1, 0.15) is 11.9 Å². The van der Waals surface area contributed by atoms with Crippen LogP contribution in [0.25, 0.3) is 11.5 Å². The van der Waals surface area contributed by atoms with Gasteiger partial charge in [0.05, 0.1) is 6.54 Å². The van der Waals surface area contributed by atoms with E-state index in [0.29, 0.717) is 18.4 Å². The second-order valence-electron chi connectivity index (χ2n) is 7.62. The normalized spacial score (nSPS) is 20.3. The summed E-state index contributed by atoms with van der Waals surface area (Å²) in [6.07, 6.45) is 1.23. The second-order valence-corrected chi connectivity index (χ2v) is 7.62. The van der Waals surface area contributed by atoms with Gasteiger partial charge >= 0.3 is 0 Å². The minimum atomic E-state index is -2.92. The molecule has 29 heavy (non-hydrogen) atoms. The fraction of sp³-hybridized carbons (Fsp3) is 0.474. The maximum absolute atomic E-state index is 14.3. The molecule has 0 bridgehead atoms. The molecule has 1 saturated heterocycles. The van der Waals surface area contributed by atoms with Gasteiger partial charge in [-0.15, -0.1) is 0 Å². The fourth-order valence-corrected chi connectivity index (χ4v) is 3.62. The molecule has 1 saturated carbocycles. The van der Waals surface area contributed by atoms with Crippen LogP contribution in [0, 0.1) is 11.2 Å². The van der Waals surface area contributed by atoms with E-state index in [4.69, 9.17) is 4.52 Å². The molecular weight excluding hydrogens is 389 g/mol. The van der Waals surface area contributed by atoms with Crippen molar-refractivity contribution in [2.45, 2.75) is 38.2 Å². The highest BCUT2D eigenvalue weighted by Gasteiger charge is 2.64. The molecule has 1 aliphatic heterocycles. The maximum atomic E-state index is 14.3. The maximum Gasteiger partial charge on any atom is 0.293 e. The molecule has 1 aromatic heterocycles. The van der Waals surface area contributed by atoms with E-state index in [1.165, 1.54) is 31.2 Å². The first-order valence-corrected chi connectivity index (χ1v) is 9.28. The summed E-state index contributed by atoms with van der Waals surface area (Å²) < 4.78 is 46.9.